The van der Waals surface area contributed by atoms with Crippen LogP contribution in [0.2, 0.25) is 0 Å². The summed E-state index contributed by atoms with van der Waals surface area (Å²) in [7, 11) is 0. The summed E-state index contributed by atoms with van der Waals surface area (Å²) < 4.78 is 0.910. The highest BCUT2D eigenvalue weighted by atomic mass is 16.4. The van der Waals surface area contributed by atoms with Crippen molar-refractivity contribution in [3.63, 3.8) is 0 Å². The van der Waals surface area contributed by atoms with Crippen LogP contribution in [0.5, 0.6) is 0 Å². The Labute approximate surface area is 80.9 Å². The van der Waals surface area contributed by atoms with E-state index in [1.807, 2.05) is 0 Å². The van der Waals surface area contributed by atoms with Crippen LogP contribution in [-0.4, -0.2) is 41.7 Å². The molecule has 13 heavy (non-hydrogen) atoms. The van der Waals surface area contributed by atoms with E-state index in [-0.39, 0.29) is 5.92 Å². The Morgan fingerprint density at radius 1 is 1.23 bits per heavy atom. The molecule has 0 heterocycles. The van der Waals surface area contributed by atoms with E-state index in [1.165, 1.54) is 0 Å². The first-order valence-electron chi connectivity index (χ1n) is 5.09. The van der Waals surface area contributed by atoms with Gasteiger partial charge >= 0.3 is 5.97 Å². The molecule has 0 amide bonds. The largest absolute Gasteiger partial charge is 0.481 e. The van der Waals surface area contributed by atoms with Crippen molar-refractivity contribution in [3.05, 3.63) is 0 Å². The van der Waals surface area contributed by atoms with Gasteiger partial charge in [0.15, 0.2) is 0 Å². The first kappa shape index (κ1) is 12.4. The van der Waals surface area contributed by atoms with Gasteiger partial charge in [0, 0.05) is 0 Å². The number of nitrogens with zero attached hydrogens (tertiary/aromatic N) is 1. The monoisotopic (exact) mass is 188 g/mol. The van der Waals surface area contributed by atoms with Crippen molar-refractivity contribution >= 4 is 5.97 Å². The summed E-state index contributed by atoms with van der Waals surface area (Å²) in [6, 6.07) is 0. The average molecular weight is 188 g/mol. The predicted octanol–water partition coefficient (Wildman–Crippen LogP) is 1.58. The van der Waals surface area contributed by atoms with Gasteiger partial charge in [0.1, 0.15) is 5.92 Å². The molecule has 0 fully saturated rings. The molecule has 1 unspecified atom stereocenters. The second kappa shape index (κ2) is 5.22. The van der Waals surface area contributed by atoms with Crippen molar-refractivity contribution in [2.75, 3.05) is 26.2 Å². The lowest BCUT2D eigenvalue weighted by Crippen LogP contribution is -2.51. The summed E-state index contributed by atoms with van der Waals surface area (Å²) in [6.07, 6.45) is 0. The molecular formula is C10H22NO2+. The second-order valence-corrected chi connectivity index (χ2v) is 3.71. The zero-order valence-electron chi connectivity index (χ0n) is 9.21. The van der Waals surface area contributed by atoms with Crippen LogP contribution in [-0.2, 0) is 4.79 Å². The molecule has 0 saturated heterocycles. The molecule has 0 rings (SSSR count). The van der Waals surface area contributed by atoms with Crippen LogP contribution in [0.3, 0.4) is 0 Å². The molecule has 0 bridgehead atoms. The van der Waals surface area contributed by atoms with E-state index < -0.39 is 5.97 Å². The van der Waals surface area contributed by atoms with E-state index in [1.54, 1.807) is 6.92 Å². The molecule has 0 aliphatic heterocycles. The lowest BCUT2D eigenvalue weighted by molar-refractivity contribution is -0.925. The van der Waals surface area contributed by atoms with Gasteiger partial charge in [-0.25, -0.2) is 0 Å². The summed E-state index contributed by atoms with van der Waals surface area (Å²) in [6.45, 7) is 12.0. The molecule has 0 aromatic carbocycles. The molecule has 3 nitrogen and oxygen atoms in total. The highest BCUT2D eigenvalue weighted by molar-refractivity contribution is 5.69. The lowest BCUT2D eigenvalue weighted by atomic mass is 10.1. The predicted molar refractivity (Wildman–Crippen MR) is 53.6 cm³/mol. The Balaban J connectivity index is 4.32. The van der Waals surface area contributed by atoms with Crippen LogP contribution in [0, 0.1) is 5.92 Å². The quantitative estimate of drug-likeness (QED) is 0.643. The van der Waals surface area contributed by atoms with Crippen molar-refractivity contribution in [2.24, 2.45) is 5.92 Å². The highest BCUT2D eigenvalue weighted by Gasteiger charge is 2.26. The van der Waals surface area contributed by atoms with Crippen molar-refractivity contribution < 1.29 is 14.4 Å². The molecule has 1 N–H and O–H groups in total. The fourth-order valence-electron chi connectivity index (χ4n) is 1.72. The third-order valence-electron chi connectivity index (χ3n) is 3.10. The molecule has 0 spiro atoms. The SMILES string of the molecule is CC[N+](CC)(CC)CC(C)C(=O)O. The molecule has 3 heteroatoms. The lowest BCUT2D eigenvalue weighted by Gasteiger charge is -2.37. The van der Waals surface area contributed by atoms with E-state index in [9.17, 15) is 4.79 Å². The Morgan fingerprint density at radius 2 is 1.62 bits per heavy atom. The van der Waals surface area contributed by atoms with E-state index in [2.05, 4.69) is 20.8 Å². The van der Waals surface area contributed by atoms with Gasteiger partial charge in [-0.15, -0.1) is 0 Å². The van der Waals surface area contributed by atoms with Crippen LogP contribution < -0.4 is 0 Å². The number of aliphatic carboxylic acids is 1. The number of carboxylic acid groups (broad SMARTS) is 1. The summed E-state index contributed by atoms with van der Waals surface area (Å²) in [4.78, 5) is 10.7. The Bertz CT molecular complexity index is 156. The number of carbonyl (C=O) groups is 1. The maximum absolute atomic E-state index is 10.7. The first-order chi connectivity index (χ1) is 6.01. The van der Waals surface area contributed by atoms with Gasteiger partial charge in [0.25, 0.3) is 0 Å². The average Bonchev–Trinajstić information content (AvgIpc) is 2.14. The minimum absolute atomic E-state index is 0.236. The summed E-state index contributed by atoms with van der Waals surface area (Å²) in [5.41, 5.74) is 0. The van der Waals surface area contributed by atoms with E-state index in [0.29, 0.717) is 0 Å². The zero-order valence-corrected chi connectivity index (χ0v) is 9.21. The molecular weight excluding hydrogens is 166 g/mol. The van der Waals surface area contributed by atoms with Crippen LogP contribution in [0.25, 0.3) is 0 Å². The van der Waals surface area contributed by atoms with E-state index in [4.69, 9.17) is 5.11 Å². The number of rotatable bonds is 6. The maximum Gasteiger partial charge on any atom is 0.311 e. The smallest absolute Gasteiger partial charge is 0.311 e. The summed E-state index contributed by atoms with van der Waals surface area (Å²) >= 11 is 0. The number of quaternary nitrogens is 1. The first-order valence-corrected chi connectivity index (χ1v) is 5.09. The third-order valence-corrected chi connectivity index (χ3v) is 3.10. The van der Waals surface area contributed by atoms with Gasteiger partial charge in [-0.05, 0) is 27.7 Å². The Kier molecular flexibility index (Phi) is 4.99. The molecule has 1 atom stereocenters. The Morgan fingerprint density at radius 3 is 1.85 bits per heavy atom. The van der Waals surface area contributed by atoms with Crippen LogP contribution in [0.1, 0.15) is 27.7 Å². The van der Waals surface area contributed by atoms with Gasteiger partial charge in [0.2, 0.25) is 0 Å². The Hall–Kier alpha value is -0.570. The normalized spacial score (nSPS) is 14.2. The molecule has 0 aliphatic rings. The van der Waals surface area contributed by atoms with Gasteiger partial charge in [-0.2, -0.15) is 0 Å². The fourth-order valence-corrected chi connectivity index (χ4v) is 1.72. The van der Waals surface area contributed by atoms with Gasteiger partial charge < -0.3 is 9.59 Å². The fraction of sp³-hybridized carbons (Fsp3) is 0.900. The van der Waals surface area contributed by atoms with Crippen molar-refractivity contribution in [2.45, 2.75) is 27.7 Å². The molecule has 0 aliphatic carbocycles. The molecule has 78 valence electrons. The van der Waals surface area contributed by atoms with Crippen molar-refractivity contribution in [1.82, 2.24) is 0 Å². The van der Waals surface area contributed by atoms with E-state index >= 15 is 0 Å². The molecule has 0 aromatic heterocycles. The number of hydrogen-bond donors (Lipinski definition) is 1. The van der Waals surface area contributed by atoms with Crippen LogP contribution in [0.15, 0.2) is 0 Å². The summed E-state index contributed by atoms with van der Waals surface area (Å²) in [5, 5.41) is 8.82. The topological polar surface area (TPSA) is 37.3 Å². The minimum atomic E-state index is -0.683. The summed E-state index contributed by atoms with van der Waals surface area (Å²) in [5.74, 6) is -0.919. The minimum Gasteiger partial charge on any atom is -0.481 e. The van der Waals surface area contributed by atoms with Gasteiger partial charge in [0.05, 0.1) is 26.2 Å². The second-order valence-electron chi connectivity index (χ2n) is 3.71. The number of carboxylic acids is 1. The number of hydrogen-bond acceptors (Lipinski definition) is 1. The van der Waals surface area contributed by atoms with Gasteiger partial charge in [-0.1, -0.05) is 0 Å². The molecule has 0 saturated carbocycles. The van der Waals surface area contributed by atoms with Crippen molar-refractivity contribution in [1.29, 1.82) is 0 Å². The third kappa shape index (κ3) is 3.35. The zero-order chi connectivity index (χ0) is 10.5. The maximum atomic E-state index is 10.7. The molecule has 0 radical (unpaired) electrons. The van der Waals surface area contributed by atoms with Crippen LogP contribution >= 0.6 is 0 Å². The standard InChI is InChI=1S/C10H21NO2/c1-5-11(6-2,7-3)8-9(4)10(12)13/h9H,5-8H2,1-4H3/p+1. The van der Waals surface area contributed by atoms with Gasteiger partial charge in [-0.3, -0.25) is 4.79 Å². The van der Waals surface area contributed by atoms with E-state index in [0.717, 1.165) is 30.7 Å². The van der Waals surface area contributed by atoms with Crippen molar-refractivity contribution in [3.8, 4) is 0 Å². The molecule has 0 aromatic rings. The van der Waals surface area contributed by atoms with Crippen LogP contribution in [0.4, 0.5) is 0 Å². The highest BCUT2D eigenvalue weighted by Crippen LogP contribution is 2.11.